The van der Waals surface area contributed by atoms with Gasteiger partial charge in [-0.3, -0.25) is 0 Å². The van der Waals surface area contributed by atoms with Gasteiger partial charge in [-0.25, -0.2) is 0 Å². The molecule has 0 bridgehead atoms. The average molecular weight is 325 g/mol. The van der Waals surface area contributed by atoms with Crippen LogP contribution in [0.3, 0.4) is 0 Å². The number of hydrogen-bond acceptors (Lipinski definition) is 6. The monoisotopic (exact) mass is 325 g/mol. The van der Waals surface area contributed by atoms with E-state index in [0.717, 1.165) is 11.4 Å². The number of methoxy groups -OCH3 is 1. The largest absolute Gasteiger partial charge is 0.493 e. The predicted octanol–water partition coefficient (Wildman–Crippen LogP) is 4.35. The van der Waals surface area contributed by atoms with Crippen LogP contribution < -0.4 is 14.8 Å². The minimum atomic E-state index is -0.0767. The fourth-order valence-corrected chi connectivity index (χ4v) is 2.25. The van der Waals surface area contributed by atoms with Crippen molar-refractivity contribution in [3.8, 4) is 17.2 Å². The third-order valence-corrected chi connectivity index (χ3v) is 3.45. The van der Waals surface area contributed by atoms with E-state index < -0.39 is 0 Å². The molecule has 6 nitrogen and oxygen atoms in total. The van der Waals surface area contributed by atoms with Crippen molar-refractivity contribution in [3.63, 3.8) is 0 Å². The van der Waals surface area contributed by atoms with Crippen LogP contribution in [0.1, 0.15) is 24.7 Å². The van der Waals surface area contributed by atoms with Gasteiger partial charge in [-0.2, -0.15) is 4.98 Å². The fourth-order valence-electron chi connectivity index (χ4n) is 2.25. The van der Waals surface area contributed by atoms with E-state index in [0.29, 0.717) is 23.2 Å². The smallest absolute Gasteiger partial charge is 0.248 e. The molecule has 3 aromatic rings. The third-order valence-electron chi connectivity index (χ3n) is 3.45. The molecule has 0 spiro atoms. The van der Waals surface area contributed by atoms with E-state index in [1.807, 2.05) is 55.5 Å². The van der Waals surface area contributed by atoms with E-state index >= 15 is 0 Å². The molecule has 2 aromatic carbocycles. The lowest BCUT2D eigenvalue weighted by Gasteiger charge is -2.13. The minimum Gasteiger partial charge on any atom is -0.493 e. The van der Waals surface area contributed by atoms with E-state index in [1.54, 1.807) is 14.0 Å². The van der Waals surface area contributed by atoms with Crippen molar-refractivity contribution in [2.45, 2.75) is 19.9 Å². The van der Waals surface area contributed by atoms with Gasteiger partial charge in [0.15, 0.2) is 17.3 Å². The molecule has 1 atom stereocenters. The van der Waals surface area contributed by atoms with Gasteiger partial charge in [0.1, 0.15) is 11.8 Å². The van der Waals surface area contributed by atoms with Crippen molar-refractivity contribution in [3.05, 3.63) is 60.2 Å². The first-order valence-electron chi connectivity index (χ1n) is 7.63. The van der Waals surface area contributed by atoms with Crippen LogP contribution in [-0.2, 0) is 0 Å². The molecule has 1 aromatic heterocycles. The molecular formula is C18H19N3O3. The molecule has 24 heavy (non-hydrogen) atoms. The second kappa shape index (κ2) is 7.04. The second-order valence-corrected chi connectivity index (χ2v) is 5.32. The quantitative estimate of drug-likeness (QED) is 0.726. The molecule has 3 rings (SSSR count). The Morgan fingerprint density at radius 3 is 2.38 bits per heavy atom. The fraction of sp³-hybridized carbons (Fsp3) is 0.222. The average Bonchev–Trinajstić information content (AvgIpc) is 3.04. The van der Waals surface area contributed by atoms with E-state index in [1.165, 1.54) is 0 Å². The molecule has 0 fully saturated rings. The van der Waals surface area contributed by atoms with Gasteiger partial charge in [0, 0.05) is 5.69 Å². The summed E-state index contributed by atoms with van der Waals surface area (Å²) in [5.41, 5.74) is 0.936. The van der Waals surface area contributed by atoms with Gasteiger partial charge in [-0.05, 0) is 50.2 Å². The topological polar surface area (TPSA) is 69.4 Å². The second-order valence-electron chi connectivity index (χ2n) is 5.32. The standard InChI is InChI=1S/C18H19N3O3/c1-12(18-20-13(2)21-24-18)19-14-8-10-15(11-9-14)23-17-7-5-4-6-16(17)22-3/h4-12,19H,1-3H3/t12-/m0/s1. The summed E-state index contributed by atoms with van der Waals surface area (Å²) in [7, 11) is 1.62. The zero-order valence-electron chi connectivity index (χ0n) is 13.8. The van der Waals surface area contributed by atoms with E-state index in [4.69, 9.17) is 14.0 Å². The number of nitrogens with zero attached hydrogens (tertiary/aromatic N) is 2. The van der Waals surface area contributed by atoms with Gasteiger partial charge in [-0.1, -0.05) is 17.3 Å². The summed E-state index contributed by atoms with van der Waals surface area (Å²) in [5.74, 6) is 3.28. The van der Waals surface area contributed by atoms with Crippen LogP contribution in [0.25, 0.3) is 0 Å². The van der Waals surface area contributed by atoms with Crippen molar-refractivity contribution in [2.24, 2.45) is 0 Å². The first kappa shape index (κ1) is 15.9. The molecule has 0 radical (unpaired) electrons. The highest BCUT2D eigenvalue weighted by atomic mass is 16.5. The Labute approximate surface area is 140 Å². The maximum Gasteiger partial charge on any atom is 0.248 e. The number of aromatic nitrogens is 2. The van der Waals surface area contributed by atoms with Crippen molar-refractivity contribution < 1.29 is 14.0 Å². The number of aryl methyl sites for hydroxylation is 1. The Morgan fingerprint density at radius 2 is 1.75 bits per heavy atom. The van der Waals surface area contributed by atoms with Crippen molar-refractivity contribution in [1.29, 1.82) is 0 Å². The maximum absolute atomic E-state index is 5.85. The maximum atomic E-state index is 5.85. The molecule has 0 aliphatic heterocycles. The van der Waals surface area contributed by atoms with E-state index in [-0.39, 0.29) is 6.04 Å². The van der Waals surface area contributed by atoms with Crippen LogP contribution in [0.2, 0.25) is 0 Å². The lowest BCUT2D eigenvalue weighted by Crippen LogP contribution is -2.06. The van der Waals surface area contributed by atoms with Gasteiger partial charge in [0.25, 0.3) is 0 Å². The summed E-state index contributed by atoms with van der Waals surface area (Å²) in [6, 6.07) is 15.1. The molecule has 0 aliphatic carbocycles. The van der Waals surface area contributed by atoms with Crippen LogP contribution in [0.15, 0.2) is 53.1 Å². The summed E-state index contributed by atoms with van der Waals surface area (Å²) >= 11 is 0. The van der Waals surface area contributed by atoms with Crippen LogP contribution >= 0.6 is 0 Å². The third kappa shape index (κ3) is 3.65. The molecule has 124 valence electrons. The number of nitrogens with one attached hydrogen (secondary N) is 1. The summed E-state index contributed by atoms with van der Waals surface area (Å²) in [4.78, 5) is 4.22. The van der Waals surface area contributed by atoms with Crippen LogP contribution in [0, 0.1) is 6.92 Å². The van der Waals surface area contributed by atoms with Gasteiger partial charge in [0.2, 0.25) is 5.89 Å². The van der Waals surface area contributed by atoms with E-state index in [2.05, 4.69) is 15.5 Å². The molecule has 0 unspecified atom stereocenters. The first-order chi connectivity index (χ1) is 11.7. The zero-order valence-corrected chi connectivity index (χ0v) is 13.8. The van der Waals surface area contributed by atoms with E-state index in [9.17, 15) is 0 Å². The summed E-state index contributed by atoms with van der Waals surface area (Å²) in [6.45, 7) is 3.76. The van der Waals surface area contributed by atoms with Crippen LogP contribution in [0.4, 0.5) is 5.69 Å². The number of hydrogen-bond donors (Lipinski definition) is 1. The highest BCUT2D eigenvalue weighted by Gasteiger charge is 2.12. The number of rotatable bonds is 6. The van der Waals surface area contributed by atoms with Crippen molar-refractivity contribution >= 4 is 5.69 Å². The van der Waals surface area contributed by atoms with Gasteiger partial charge in [-0.15, -0.1) is 0 Å². The molecule has 0 saturated heterocycles. The minimum absolute atomic E-state index is 0.0767. The normalized spacial score (nSPS) is 11.8. The van der Waals surface area contributed by atoms with Gasteiger partial charge >= 0.3 is 0 Å². The molecule has 6 heteroatoms. The Balaban J connectivity index is 1.67. The number of ether oxygens (including phenoxy) is 2. The lowest BCUT2D eigenvalue weighted by molar-refractivity contribution is 0.364. The summed E-state index contributed by atoms with van der Waals surface area (Å²) in [5, 5.41) is 7.11. The molecule has 1 N–H and O–H groups in total. The first-order valence-corrected chi connectivity index (χ1v) is 7.63. The van der Waals surface area contributed by atoms with Crippen molar-refractivity contribution in [2.75, 3.05) is 12.4 Å². The highest BCUT2D eigenvalue weighted by molar-refractivity contribution is 5.49. The van der Waals surface area contributed by atoms with Crippen LogP contribution in [0.5, 0.6) is 17.2 Å². The summed E-state index contributed by atoms with van der Waals surface area (Å²) < 4.78 is 16.3. The number of para-hydroxylation sites is 2. The number of anilines is 1. The van der Waals surface area contributed by atoms with Gasteiger partial charge < -0.3 is 19.3 Å². The SMILES string of the molecule is COc1ccccc1Oc1ccc(N[C@@H](C)c2nc(C)no2)cc1. The Bertz CT molecular complexity index is 799. The Hall–Kier alpha value is -3.02. The van der Waals surface area contributed by atoms with Crippen LogP contribution in [-0.4, -0.2) is 17.3 Å². The molecule has 1 heterocycles. The Kier molecular flexibility index (Phi) is 4.65. The molecule has 0 saturated carbocycles. The molecule has 0 amide bonds. The molecular weight excluding hydrogens is 306 g/mol. The zero-order chi connectivity index (χ0) is 16.9. The highest BCUT2D eigenvalue weighted by Crippen LogP contribution is 2.31. The Morgan fingerprint density at radius 1 is 1.04 bits per heavy atom. The molecule has 0 aliphatic rings. The number of benzene rings is 2. The summed E-state index contributed by atoms with van der Waals surface area (Å²) in [6.07, 6.45) is 0. The lowest BCUT2D eigenvalue weighted by atomic mass is 10.2. The predicted molar refractivity (Wildman–Crippen MR) is 90.6 cm³/mol. The van der Waals surface area contributed by atoms with Gasteiger partial charge in [0.05, 0.1) is 7.11 Å². The van der Waals surface area contributed by atoms with Crippen molar-refractivity contribution in [1.82, 2.24) is 10.1 Å².